The van der Waals surface area contributed by atoms with Crippen LogP contribution < -0.4 is 61.0 Å². The first-order valence-corrected chi connectivity index (χ1v) is 17.6. The number of amides is 8. The predicted octanol–water partition coefficient (Wildman–Crippen LogP) is -5.71. The van der Waals surface area contributed by atoms with Crippen LogP contribution in [0.3, 0.4) is 0 Å². The number of rotatable bonds is 27. The summed E-state index contributed by atoms with van der Waals surface area (Å²) in [7, 11) is 0. The molecule has 6 atom stereocenters. The average molecular weight is 795 g/mol. The largest absolute Gasteiger partial charge is 0.481 e. The maximum Gasteiger partial charge on any atom is 0.303 e. The normalized spacial score (nSPS) is 14.1. The van der Waals surface area contributed by atoms with Crippen molar-refractivity contribution in [3.8, 4) is 0 Å². The van der Waals surface area contributed by atoms with Gasteiger partial charge in [0.25, 0.3) is 0 Å². The van der Waals surface area contributed by atoms with Crippen LogP contribution >= 0.6 is 0 Å². The summed E-state index contributed by atoms with van der Waals surface area (Å²) in [6.45, 7) is 3.21. The lowest BCUT2D eigenvalue weighted by Crippen LogP contribution is -2.60. The van der Waals surface area contributed by atoms with Crippen molar-refractivity contribution in [2.45, 2.75) is 108 Å². The predicted molar refractivity (Wildman–Crippen MR) is 198 cm³/mol. The van der Waals surface area contributed by atoms with Crippen LogP contribution in [0.4, 0.5) is 0 Å². The molecule has 0 aliphatic rings. The van der Waals surface area contributed by atoms with Gasteiger partial charge in [-0.15, -0.1) is 0 Å². The molecule has 0 bridgehead atoms. The molecule has 0 spiro atoms. The molecule has 19 N–H and O–H groups in total. The van der Waals surface area contributed by atoms with Crippen molar-refractivity contribution in [1.82, 2.24) is 36.6 Å². The van der Waals surface area contributed by atoms with E-state index in [1.165, 1.54) is 12.5 Å². The fourth-order valence-corrected chi connectivity index (χ4v) is 5.01. The Kier molecular flexibility index (Phi) is 20.6. The monoisotopic (exact) mass is 794 g/mol. The Morgan fingerprint density at radius 3 is 1.71 bits per heavy atom. The van der Waals surface area contributed by atoms with Crippen molar-refractivity contribution in [3.63, 3.8) is 0 Å². The molecule has 0 unspecified atom stereocenters. The minimum Gasteiger partial charge on any atom is -0.481 e. The van der Waals surface area contributed by atoms with E-state index in [-0.39, 0.29) is 57.5 Å². The zero-order valence-corrected chi connectivity index (χ0v) is 31.2. The highest BCUT2D eigenvalue weighted by Gasteiger charge is 2.34. The first-order valence-electron chi connectivity index (χ1n) is 17.6. The van der Waals surface area contributed by atoms with Crippen molar-refractivity contribution >= 4 is 59.2 Å². The number of hydrogen-bond donors (Lipinski definition) is 13. The van der Waals surface area contributed by atoms with Crippen LogP contribution in [0, 0.1) is 5.92 Å². The maximum atomic E-state index is 13.8. The molecule has 1 aromatic rings. The number of carboxylic acids is 1. The van der Waals surface area contributed by atoms with Gasteiger partial charge < -0.3 is 71.1 Å². The van der Waals surface area contributed by atoms with Gasteiger partial charge in [0.05, 0.1) is 12.4 Å². The van der Waals surface area contributed by atoms with Crippen molar-refractivity contribution < 1.29 is 48.3 Å². The van der Waals surface area contributed by atoms with E-state index in [9.17, 15) is 43.2 Å². The zero-order chi connectivity index (χ0) is 42.5. The third-order valence-corrected chi connectivity index (χ3v) is 8.09. The van der Waals surface area contributed by atoms with Crippen molar-refractivity contribution in [2.75, 3.05) is 6.54 Å². The second-order valence-electron chi connectivity index (χ2n) is 13.2. The molecule has 0 aliphatic carbocycles. The molecule has 24 nitrogen and oxygen atoms in total. The Morgan fingerprint density at radius 1 is 0.696 bits per heavy atom. The molecule has 0 radical (unpaired) electrons. The summed E-state index contributed by atoms with van der Waals surface area (Å²) in [6.07, 6.45) is 0.670. The molecule has 56 heavy (non-hydrogen) atoms. The summed E-state index contributed by atoms with van der Waals surface area (Å²) in [5.41, 5.74) is 32.9. The summed E-state index contributed by atoms with van der Waals surface area (Å²) in [6, 6.07) is -8.18. The number of hydrogen-bond acceptors (Lipinski definition) is 12. The highest BCUT2D eigenvalue weighted by molar-refractivity contribution is 5.97. The number of carboxylic acid groups (broad SMARTS) is 1. The van der Waals surface area contributed by atoms with Gasteiger partial charge in [-0.25, -0.2) is 4.98 Å². The molecule has 0 fully saturated rings. The number of nitrogens with zero attached hydrogens (tertiary/aromatic N) is 2. The van der Waals surface area contributed by atoms with E-state index < -0.39 is 108 Å². The Morgan fingerprint density at radius 2 is 1.21 bits per heavy atom. The van der Waals surface area contributed by atoms with E-state index in [2.05, 4.69) is 41.5 Å². The van der Waals surface area contributed by atoms with Gasteiger partial charge >= 0.3 is 5.97 Å². The number of nitrogens with one attached hydrogen (secondary N) is 6. The number of imidazole rings is 1. The van der Waals surface area contributed by atoms with Gasteiger partial charge in [-0.05, 0) is 38.0 Å². The molecule has 312 valence electrons. The number of carbonyl (C=O) groups is 9. The number of carbonyl (C=O) groups excluding carboxylic acids is 8. The highest BCUT2D eigenvalue weighted by Crippen LogP contribution is 2.09. The summed E-state index contributed by atoms with van der Waals surface area (Å²) in [5, 5.41) is 21.3. The van der Waals surface area contributed by atoms with Crippen LogP contribution in [0.5, 0.6) is 0 Å². The van der Waals surface area contributed by atoms with E-state index in [0.717, 1.165) is 0 Å². The number of aliphatic imine (C=N–C) groups is 1. The lowest BCUT2D eigenvalue weighted by atomic mass is 10.0. The molecular weight excluding hydrogens is 740 g/mol. The molecule has 1 aromatic heterocycles. The van der Waals surface area contributed by atoms with Gasteiger partial charge in [0, 0.05) is 44.1 Å². The maximum absolute atomic E-state index is 13.8. The topological polar surface area (TPSA) is 431 Å². The van der Waals surface area contributed by atoms with Crippen LogP contribution in [0.2, 0.25) is 0 Å². The quantitative estimate of drug-likeness (QED) is 0.0224. The Hall–Kier alpha value is -6.33. The lowest BCUT2D eigenvalue weighted by molar-refractivity contribution is -0.137. The van der Waals surface area contributed by atoms with Crippen LogP contribution in [0.25, 0.3) is 0 Å². The number of guanidine groups is 1. The molecule has 0 saturated carbocycles. The molecule has 0 aromatic carbocycles. The lowest BCUT2D eigenvalue weighted by Gasteiger charge is -2.28. The minimum absolute atomic E-state index is 0.0294. The first kappa shape index (κ1) is 47.7. The number of nitrogens with two attached hydrogens (primary N) is 6. The Balaban J connectivity index is 3.37. The Labute approximate surface area is 321 Å². The molecular formula is C32H54N14O10. The van der Waals surface area contributed by atoms with Crippen LogP contribution in [0.15, 0.2) is 17.5 Å². The first-order chi connectivity index (χ1) is 26.2. The van der Waals surface area contributed by atoms with E-state index in [4.69, 9.17) is 39.5 Å². The van der Waals surface area contributed by atoms with Gasteiger partial charge in [-0.3, -0.25) is 48.1 Å². The standard InChI is InChI=1S/C32H54N14O10/c1-15(2)25(31(56)42-18(26(36)51)6-8-22(34)47)46-29(54)19(4-3-11-40-32(37)38)43-28(53)20(7-9-23(35)48)44-30(55)21(12-16-13-39-14-41-16)45-27(52)17(33)5-10-24(49)50/h13-15,17-21,25H,3-12,33H2,1-2H3,(H2,34,47)(H2,35,48)(H2,36,51)(H,39,41)(H,42,56)(H,43,53)(H,44,55)(H,45,52)(H,46,54)(H,49,50)(H4,37,38,40)/t17-,18-,19-,20-,21-,25-/m0/s1. The number of H-pyrrole nitrogens is 1. The summed E-state index contributed by atoms with van der Waals surface area (Å²) in [4.78, 5) is 124. The van der Waals surface area contributed by atoms with Gasteiger partial charge in [-0.1, -0.05) is 13.8 Å². The van der Waals surface area contributed by atoms with Crippen LogP contribution in [0.1, 0.15) is 70.9 Å². The van der Waals surface area contributed by atoms with E-state index >= 15 is 0 Å². The van der Waals surface area contributed by atoms with E-state index in [1.807, 2.05) is 0 Å². The molecule has 24 heteroatoms. The fourth-order valence-electron chi connectivity index (χ4n) is 5.01. The van der Waals surface area contributed by atoms with Gasteiger partial charge in [-0.2, -0.15) is 0 Å². The van der Waals surface area contributed by atoms with Crippen molar-refractivity contribution in [3.05, 3.63) is 18.2 Å². The van der Waals surface area contributed by atoms with Crippen LogP contribution in [-0.4, -0.2) is 117 Å². The number of aliphatic carboxylic acids is 1. The minimum atomic E-state index is -1.52. The molecule has 1 rings (SSSR count). The van der Waals surface area contributed by atoms with Crippen molar-refractivity contribution in [2.24, 2.45) is 45.3 Å². The second-order valence-corrected chi connectivity index (χ2v) is 13.2. The van der Waals surface area contributed by atoms with E-state index in [0.29, 0.717) is 5.69 Å². The van der Waals surface area contributed by atoms with Crippen LogP contribution in [-0.2, 0) is 49.6 Å². The smallest absolute Gasteiger partial charge is 0.303 e. The van der Waals surface area contributed by atoms with E-state index in [1.54, 1.807) is 13.8 Å². The molecule has 1 heterocycles. The number of primary amides is 3. The average Bonchev–Trinajstić information content (AvgIpc) is 3.62. The summed E-state index contributed by atoms with van der Waals surface area (Å²) in [5.74, 6) is -8.96. The molecule has 0 saturated heterocycles. The summed E-state index contributed by atoms with van der Waals surface area (Å²) < 4.78 is 0. The SMILES string of the molecule is CC(C)[C@H](NC(=O)[C@H](CCCN=C(N)N)NC(=O)[C@H](CCC(N)=O)NC(=O)[C@H](Cc1cnc[nH]1)NC(=O)[C@@H](N)CCC(=O)O)C(=O)N[C@@H](CCC(N)=O)C(N)=O. The molecule has 0 aliphatic heterocycles. The summed E-state index contributed by atoms with van der Waals surface area (Å²) >= 11 is 0. The molecule has 8 amide bonds. The second kappa shape index (κ2) is 24.2. The van der Waals surface area contributed by atoms with Gasteiger partial charge in [0.15, 0.2) is 5.96 Å². The van der Waals surface area contributed by atoms with Gasteiger partial charge in [0.2, 0.25) is 47.3 Å². The fraction of sp³-hybridized carbons (Fsp3) is 0.594. The van der Waals surface area contributed by atoms with Crippen molar-refractivity contribution in [1.29, 1.82) is 0 Å². The third-order valence-electron chi connectivity index (χ3n) is 8.09. The number of aromatic amines is 1. The Bertz CT molecular complexity index is 1560. The highest BCUT2D eigenvalue weighted by atomic mass is 16.4. The number of aromatic nitrogens is 2. The van der Waals surface area contributed by atoms with Gasteiger partial charge in [0.1, 0.15) is 30.2 Å². The zero-order valence-electron chi connectivity index (χ0n) is 31.2. The third kappa shape index (κ3) is 18.6.